The van der Waals surface area contributed by atoms with Gasteiger partial charge in [0, 0.05) is 11.5 Å². The lowest BCUT2D eigenvalue weighted by atomic mass is 9.73. The van der Waals surface area contributed by atoms with Crippen molar-refractivity contribution in [1.29, 1.82) is 0 Å². The number of fused-ring (bicyclic) bond motifs is 4. The Bertz CT molecular complexity index is 695. The fraction of sp³-hybridized carbons (Fsp3) is 0.682. The molecule has 1 amide bonds. The number of nitrogens with zero attached hydrogens (tertiary/aromatic N) is 1. The Morgan fingerprint density at radius 1 is 1.19 bits per heavy atom. The summed E-state index contributed by atoms with van der Waals surface area (Å²) in [6.45, 7) is 2.43. The maximum atomic E-state index is 11.8. The van der Waals surface area contributed by atoms with E-state index in [2.05, 4.69) is 34.5 Å². The summed E-state index contributed by atoms with van der Waals surface area (Å²) < 4.78 is 4.86. The van der Waals surface area contributed by atoms with Crippen LogP contribution in [0.1, 0.15) is 62.1 Å². The van der Waals surface area contributed by atoms with Crippen LogP contribution in [0.25, 0.3) is 0 Å². The molecule has 4 aliphatic rings. The van der Waals surface area contributed by atoms with Crippen LogP contribution < -0.4 is 5.32 Å². The first-order chi connectivity index (χ1) is 12.7. The molecule has 0 aromatic heterocycles. The third-order valence-corrected chi connectivity index (χ3v) is 7.90. The quantitative estimate of drug-likeness (QED) is 0.872. The molecule has 1 aliphatic heterocycles. The van der Waals surface area contributed by atoms with Gasteiger partial charge >= 0.3 is 6.09 Å². The van der Waals surface area contributed by atoms with Gasteiger partial charge in [0.1, 0.15) is 0 Å². The number of amides is 1. The predicted octanol–water partition coefficient (Wildman–Crippen LogP) is 4.01. The summed E-state index contributed by atoms with van der Waals surface area (Å²) in [5, 5.41) is 3.07. The summed E-state index contributed by atoms with van der Waals surface area (Å²) >= 11 is 0. The monoisotopic (exact) mass is 354 g/mol. The fourth-order valence-electron chi connectivity index (χ4n) is 6.64. The minimum atomic E-state index is -0.318. The number of methoxy groups -OCH3 is 1. The van der Waals surface area contributed by atoms with Crippen LogP contribution in [-0.2, 0) is 10.2 Å². The van der Waals surface area contributed by atoms with Gasteiger partial charge in [0.2, 0.25) is 0 Å². The number of nitrogens with one attached hydrogen (secondary N) is 1. The van der Waals surface area contributed by atoms with E-state index in [-0.39, 0.29) is 17.6 Å². The highest BCUT2D eigenvalue weighted by molar-refractivity contribution is 5.68. The smallest absolute Gasteiger partial charge is 0.407 e. The highest BCUT2D eigenvalue weighted by atomic mass is 16.5. The maximum Gasteiger partial charge on any atom is 0.407 e. The van der Waals surface area contributed by atoms with Gasteiger partial charge in [0.05, 0.1) is 13.2 Å². The van der Waals surface area contributed by atoms with Crippen LogP contribution >= 0.6 is 0 Å². The molecule has 2 saturated carbocycles. The average molecular weight is 354 g/mol. The van der Waals surface area contributed by atoms with Gasteiger partial charge < -0.3 is 15.0 Å². The molecule has 140 valence electrons. The number of likely N-dealkylation sites (tertiary alicyclic amines) is 1. The highest BCUT2D eigenvalue weighted by Gasteiger charge is 2.49. The largest absolute Gasteiger partial charge is 0.453 e. The lowest BCUT2D eigenvalue weighted by molar-refractivity contribution is 0.0808. The second kappa shape index (κ2) is 6.26. The van der Waals surface area contributed by atoms with Crippen LogP contribution in [0.5, 0.6) is 0 Å². The van der Waals surface area contributed by atoms with Crippen LogP contribution in [-0.4, -0.2) is 37.2 Å². The van der Waals surface area contributed by atoms with E-state index in [1.165, 1.54) is 69.9 Å². The molecule has 0 radical (unpaired) electrons. The van der Waals surface area contributed by atoms with Crippen LogP contribution in [0.3, 0.4) is 0 Å². The molecule has 1 saturated heterocycles. The van der Waals surface area contributed by atoms with Gasteiger partial charge in [-0.15, -0.1) is 0 Å². The normalized spacial score (nSPS) is 34.8. The van der Waals surface area contributed by atoms with Crippen molar-refractivity contribution in [2.24, 2.45) is 11.8 Å². The highest BCUT2D eigenvalue weighted by Crippen LogP contribution is 2.53. The van der Waals surface area contributed by atoms with E-state index < -0.39 is 0 Å². The number of piperidine rings is 1. The van der Waals surface area contributed by atoms with Gasteiger partial charge in [-0.2, -0.15) is 0 Å². The molecule has 1 heterocycles. The van der Waals surface area contributed by atoms with Crippen LogP contribution in [0, 0.1) is 11.8 Å². The lowest BCUT2D eigenvalue weighted by Crippen LogP contribution is -2.48. The number of benzene rings is 1. The van der Waals surface area contributed by atoms with Crippen molar-refractivity contribution >= 4 is 6.09 Å². The molecule has 3 aliphatic carbocycles. The second-order valence-electron chi connectivity index (χ2n) is 9.04. The molecule has 2 bridgehead atoms. The zero-order chi connectivity index (χ0) is 17.7. The average Bonchev–Trinajstić information content (AvgIpc) is 3.38. The van der Waals surface area contributed by atoms with Crippen LogP contribution in [0.15, 0.2) is 24.3 Å². The summed E-state index contributed by atoms with van der Waals surface area (Å²) in [5.74, 6) is 1.99. The Morgan fingerprint density at radius 2 is 2.00 bits per heavy atom. The summed E-state index contributed by atoms with van der Waals surface area (Å²) in [4.78, 5) is 14.6. The van der Waals surface area contributed by atoms with E-state index in [1.807, 2.05) is 0 Å². The van der Waals surface area contributed by atoms with E-state index in [0.717, 1.165) is 24.3 Å². The number of hydrogen-bond acceptors (Lipinski definition) is 3. The number of ether oxygens (including phenoxy) is 1. The summed E-state index contributed by atoms with van der Waals surface area (Å²) in [5.41, 5.74) is 3.00. The molecule has 1 aromatic rings. The first-order valence-electron chi connectivity index (χ1n) is 10.4. The standard InChI is InChI=1S/C22H30N2O2/c1-26-21(25)23-19-14-22(18-5-3-2-4-17(18)19)8-10-24(11-9-22)20-13-15-6-7-16(20)12-15/h2-5,15-16,19-20H,6-14H2,1H3,(H,23,25)/t15-,16-,19+,20?/m1/s1. The predicted molar refractivity (Wildman–Crippen MR) is 101 cm³/mol. The molecule has 1 spiro atoms. The molecule has 1 unspecified atom stereocenters. The van der Waals surface area contributed by atoms with E-state index >= 15 is 0 Å². The van der Waals surface area contributed by atoms with E-state index in [9.17, 15) is 4.79 Å². The third-order valence-electron chi connectivity index (χ3n) is 7.90. The molecule has 1 N–H and O–H groups in total. The van der Waals surface area contributed by atoms with Crippen molar-refractivity contribution < 1.29 is 9.53 Å². The molecule has 4 atom stereocenters. The SMILES string of the molecule is COC(=O)N[C@H]1CC2(CCN(C3C[C@@H]4CC[C@@H]3C4)CC2)c2ccccc21. The Kier molecular flexibility index (Phi) is 4.00. The van der Waals surface area contributed by atoms with Gasteiger partial charge in [-0.1, -0.05) is 30.7 Å². The van der Waals surface area contributed by atoms with Gasteiger partial charge in [0.25, 0.3) is 0 Å². The van der Waals surface area contributed by atoms with Gasteiger partial charge in [0.15, 0.2) is 0 Å². The van der Waals surface area contributed by atoms with E-state index in [1.54, 1.807) is 0 Å². The Morgan fingerprint density at radius 3 is 2.69 bits per heavy atom. The molecule has 5 rings (SSSR count). The molecule has 4 nitrogen and oxygen atoms in total. The number of alkyl carbamates (subject to hydrolysis) is 1. The van der Waals surface area contributed by atoms with Gasteiger partial charge in [-0.3, -0.25) is 0 Å². The zero-order valence-electron chi connectivity index (χ0n) is 15.7. The third kappa shape index (κ3) is 2.57. The number of carbonyl (C=O) groups is 1. The van der Waals surface area contributed by atoms with E-state index in [0.29, 0.717) is 0 Å². The topological polar surface area (TPSA) is 41.6 Å². The Hall–Kier alpha value is -1.55. The van der Waals surface area contributed by atoms with Crippen molar-refractivity contribution in [3.63, 3.8) is 0 Å². The number of carbonyl (C=O) groups excluding carboxylic acids is 1. The van der Waals surface area contributed by atoms with Crippen molar-refractivity contribution in [2.75, 3.05) is 20.2 Å². The minimum Gasteiger partial charge on any atom is -0.453 e. The van der Waals surface area contributed by atoms with Crippen molar-refractivity contribution in [1.82, 2.24) is 10.2 Å². The van der Waals surface area contributed by atoms with Crippen molar-refractivity contribution in [2.45, 2.75) is 62.4 Å². The van der Waals surface area contributed by atoms with Crippen molar-refractivity contribution in [3.05, 3.63) is 35.4 Å². The summed E-state index contributed by atoms with van der Waals surface area (Å²) in [6.07, 6.45) is 9.01. The van der Waals surface area contributed by atoms with Crippen LogP contribution in [0.2, 0.25) is 0 Å². The maximum absolute atomic E-state index is 11.8. The summed E-state index contributed by atoms with van der Waals surface area (Å²) in [7, 11) is 1.44. The number of hydrogen-bond donors (Lipinski definition) is 1. The Balaban J connectivity index is 1.33. The van der Waals surface area contributed by atoms with Gasteiger partial charge in [-0.25, -0.2) is 4.79 Å². The van der Waals surface area contributed by atoms with Gasteiger partial charge in [-0.05, 0) is 74.6 Å². The number of rotatable bonds is 2. The van der Waals surface area contributed by atoms with Crippen LogP contribution in [0.4, 0.5) is 4.79 Å². The minimum absolute atomic E-state index is 0.0905. The molecule has 4 heteroatoms. The summed E-state index contributed by atoms with van der Waals surface area (Å²) in [6, 6.07) is 9.67. The molecule has 3 fully saturated rings. The zero-order valence-corrected chi connectivity index (χ0v) is 15.7. The molecular formula is C22H30N2O2. The first kappa shape index (κ1) is 16.6. The Labute approximate surface area is 156 Å². The fourth-order valence-corrected chi connectivity index (χ4v) is 6.64. The van der Waals surface area contributed by atoms with E-state index in [4.69, 9.17) is 4.74 Å². The molecule has 26 heavy (non-hydrogen) atoms. The lowest BCUT2D eigenvalue weighted by Gasteiger charge is -2.44. The first-order valence-corrected chi connectivity index (χ1v) is 10.4. The second-order valence-corrected chi connectivity index (χ2v) is 9.04. The van der Waals surface area contributed by atoms with Crippen molar-refractivity contribution in [3.8, 4) is 0 Å². The molecule has 1 aromatic carbocycles. The molecular weight excluding hydrogens is 324 g/mol.